The summed E-state index contributed by atoms with van der Waals surface area (Å²) >= 11 is 0. The van der Waals surface area contributed by atoms with Gasteiger partial charge in [-0.2, -0.15) is 0 Å². The van der Waals surface area contributed by atoms with E-state index in [1.807, 2.05) is 6.92 Å². The van der Waals surface area contributed by atoms with Gasteiger partial charge in [0, 0.05) is 11.1 Å². The lowest BCUT2D eigenvalue weighted by atomic mass is 10.0. The second-order valence-corrected chi connectivity index (χ2v) is 4.79. The fraction of sp³-hybridized carbons (Fsp3) is 0.429. The molecule has 0 atom stereocenters. The molecule has 0 aromatic heterocycles. The number of nitrogens with one attached hydrogen (secondary N) is 1. The van der Waals surface area contributed by atoms with Gasteiger partial charge in [0.2, 0.25) is 5.91 Å². The summed E-state index contributed by atoms with van der Waals surface area (Å²) in [6.45, 7) is 1.65. The van der Waals surface area contributed by atoms with E-state index in [0.29, 0.717) is 11.4 Å². The fourth-order valence-electron chi connectivity index (χ4n) is 1.94. The molecule has 1 amide bonds. The number of benzene rings is 1. The van der Waals surface area contributed by atoms with Crippen LogP contribution >= 0.6 is 0 Å². The van der Waals surface area contributed by atoms with Crippen LogP contribution in [0.2, 0.25) is 0 Å². The first-order chi connectivity index (χ1) is 9.05. The highest BCUT2D eigenvalue weighted by Gasteiger charge is 2.47. The zero-order valence-corrected chi connectivity index (χ0v) is 10.8. The molecule has 0 spiro atoms. The lowest BCUT2D eigenvalue weighted by Crippen LogP contribution is -2.23. The lowest BCUT2D eigenvalue weighted by molar-refractivity contribution is -0.139. The largest absolute Gasteiger partial charge is 0.482 e. The molecule has 0 saturated heterocycles. The highest BCUT2D eigenvalue weighted by atomic mass is 16.5. The molecule has 1 aliphatic carbocycles. The Morgan fingerprint density at radius 2 is 1.95 bits per heavy atom. The van der Waals surface area contributed by atoms with Crippen molar-refractivity contribution in [2.75, 3.05) is 11.9 Å². The molecule has 1 fully saturated rings. The summed E-state index contributed by atoms with van der Waals surface area (Å²) in [5, 5.41) is 11.4. The van der Waals surface area contributed by atoms with Crippen molar-refractivity contribution in [2.45, 2.75) is 26.2 Å². The van der Waals surface area contributed by atoms with Gasteiger partial charge in [-0.15, -0.1) is 0 Å². The van der Waals surface area contributed by atoms with Crippen molar-refractivity contribution in [3.63, 3.8) is 0 Å². The van der Waals surface area contributed by atoms with Crippen LogP contribution in [0.1, 0.15) is 26.2 Å². The molecule has 1 aromatic rings. The summed E-state index contributed by atoms with van der Waals surface area (Å²) in [4.78, 5) is 22.4. The van der Waals surface area contributed by atoms with Crippen LogP contribution in [0.5, 0.6) is 5.75 Å². The first-order valence-corrected chi connectivity index (χ1v) is 6.32. The minimum Gasteiger partial charge on any atom is -0.482 e. The summed E-state index contributed by atoms with van der Waals surface area (Å²) < 4.78 is 5.02. The van der Waals surface area contributed by atoms with E-state index in [0.717, 1.165) is 19.3 Å². The molecule has 0 heterocycles. The molecule has 0 unspecified atom stereocenters. The summed E-state index contributed by atoms with van der Waals surface area (Å²) in [7, 11) is 0. The van der Waals surface area contributed by atoms with Crippen molar-refractivity contribution < 1.29 is 19.4 Å². The number of ether oxygens (including phenoxy) is 1. The van der Waals surface area contributed by atoms with Gasteiger partial charge in [-0.1, -0.05) is 6.92 Å². The molecule has 2 rings (SSSR count). The molecule has 0 bridgehead atoms. The smallest absolute Gasteiger partial charge is 0.341 e. The topological polar surface area (TPSA) is 75.6 Å². The molecule has 5 heteroatoms. The number of carboxylic acids is 1. The van der Waals surface area contributed by atoms with E-state index in [9.17, 15) is 9.59 Å². The summed E-state index contributed by atoms with van der Waals surface area (Å²) in [5.41, 5.74) is 0.533. The van der Waals surface area contributed by atoms with Crippen LogP contribution in [-0.4, -0.2) is 23.6 Å². The van der Waals surface area contributed by atoms with Gasteiger partial charge < -0.3 is 15.2 Å². The SMILES string of the molecule is CCC1(C(=O)Nc2ccc(OCC(=O)O)cc2)CC1. The number of aliphatic carboxylic acids is 1. The van der Waals surface area contributed by atoms with Crippen LogP contribution in [0.4, 0.5) is 5.69 Å². The van der Waals surface area contributed by atoms with Crippen molar-refractivity contribution in [1.29, 1.82) is 0 Å². The van der Waals surface area contributed by atoms with Gasteiger partial charge in [0.15, 0.2) is 6.61 Å². The van der Waals surface area contributed by atoms with E-state index in [-0.39, 0.29) is 17.9 Å². The zero-order valence-electron chi connectivity index (χ0n) is 10.8. The number of carbonyl (C=O) groups is 2. The molecule has 0 aliphatic heterocycles. The van der Waals surface area contributed by atoms with Gasteiger partial charge in [0.25, 0.3) is 0 Å². The monoisotopic (exact) mass is 263 g/mol. The van der Waals surface area contributed by atoms with Crippen molar-refractivity contribution in [3.8, 4) is 5.75 Å². The first kappa shape index (κ1) is 13.4. The molecule has 102 valence electrons. The average molecular weight is 263 g/mol. The molecule has 1 saturated carbocycles. The van der Waals surface area contributed by atoms with E-state index in [1.165, 1.54) is 0 Å². The number of amides is 1. The van der Waals surface area contributed by atoms with E-state index >= 15 is 0 Å². The van der Waals surface area contributed by atoms with Gasteiger partial charge in [-0.25, -0.2) is 4.79 Å². The second-order valence-electron chi connectivity index (χ2n) is 4.79. The predicted octanol–water partition coefficient (Wildman–Crippen LogP) is 2.28. The van der Waals surface area contributed by atoms with Crippen molar-refractivity contribution in [2.24, 2.45) is 5.41 Å². The summed E-state index contributed by atoms with van der Waals surface area (Å²) in [6.07, 6.45) is 2.77. The van der Waals surface area contributed by atoms with Crippen LogP contribution in [0, 0.1) is 5.41 Å². The lowest BCUT2D eigenvalue weighted by Gasteiger charge is -2.13. The third-order valence-corrected chi connectivity index (χ3v) is 3.49. The Hall–Kier alpha value is -2.04. The molecule has 0 radical (unpaired) electrons. The molecular formula is C14H17NO4. The maximum Gasteiger partial charge on any atom is 0.341 e. The predicted molar refractivity (Wildman–Crippen MR) is 70.2 cm³/mol. The Bertz CT molecular complexity index is 477. The van der Waals surface area contributed by atoms with E-state index < -0.39 is 5.97 Å². The molecule has 5 nitrogen and oxygen atoms in total. The number of rotatable bonds is 6. The minimum absolute atomic E-state index is 0.0641. The summed E-state index contributed by atoms with van der Waals surface area (Å²) in [6, 6.07) is 6.70. The van der Waals surface area contributed by atoms with E-state index in [1.54, 1.807) is 24.3 Å². The maximum atomic E-state index is 12.0. The highest BCUT2D eigenvalue weighted by molar-refractivity contribution is 5.97. The fourth-order valence-corrected chi connectivity index (χ4v) is 1.94. The average Bonchev–Trinajstić information content (AvgIpc) is 3.19. The molecule has 1 aliphatic rings. The van der Waals surface area contributed by atoms with Crippen molar-refractivity contribution >= 4 is 17.6 Å². The van der Waals surface area contributed by atoms with Crippen LogP contribution in [0.15, 0.2) is 24.3 Å². The third kappa shape index (κ3) is 3.24. The standard InChI is InChI=1S/C14H17NO4/c1-2-14(7-8-14)13(18)15-10-3-5-11(6-4-10)19-9-12(16)17/h3-6H,2,7-9H2,1H3,(H,15,18)(H,16,17). The van der Waals surface area contributed by atoms with Gasteiger partial charge >= 0.3 is 5.97 Å². The molecule has 1 aromatic carbocycles. The van der Waals surface area contributed by atoms with E-state index in [4.69, 9.17) is 9.84 Å². The van der Waals surface area contributed by atoms with Crippen LogP contribution in [0.3, 0.4) is 0 Å². The zero-order chi connectivity index (χ0) is 13.9. The van der Waals surface area contributed by atoms with Crippen LogP contribution in [0.25, 0.3) is 0 Å². The van der Waals surface area contributed by atoms with E-state index in [2.05, 4.69) is 5.32 Å². The number of carboxylic acid groups (broad SMARTS) is 1. The van der Waals surface area contributed by atoms with Gasteiger partial charge in [-0.05, 0) is 43.5 Å². The normalized spacial score (nSPS) is 15.6. The number of hydrogen-bond donors (Lipinski definition) is 2. The van der Waals surface area contributed by atoms with Crippen LogP contribution in [-0.2, 0) is 9.59 Å². The highest BCUT2D eigenvalue weighted by Crippen LogP contribution is 2.49. The number of hydrogen-bond acceptors (Lipinski definition) is 3. The van der Waals surface area contributed by atoms with Gasteiger partial charge in [-0.3, -0.25) is 4.79 Å². The molecule has 19 heavy (non-hydrogen) atoms. The Kier molecular flexibility index (Phi) is 3.74. The van der Waals surface area contributed by atoms with Crippen molar-refractivity contribution in [3.05, 3.63) is 24.3 Å². The Labute approximate surface area is 111 Å². The molecular weight excluding hydrogens is 246 g/mol. The van der Waals surface area contributed by atoms with Gasteiger partial charge in [0.1, 0.15) is 5.75 Å². The van der Waals surface area contributed by atoms with Crippen molar-refractivity contribution in [1.82, 2.24) is 0 Å². The maximum absolute atomic E-state index is 12.0. The first-order valence-electron chi connectivity index (χ1n) is 6.32. The van der Waals surface area contributed by atoms with Crippen LogP contribution < -0.4 is 10.1 Å². The molecule has 2 N–H and O–H groups in total. The quantitative estimate of drug-likeness (QED) is 0.825. The Morgan fingerprint density at radius 3 is 2.42 bits per heavy atom. The number of carbonyl (C=O) groups excluding carboxylic acids is 1. The summed E-state index contributed by atoms with van der Waals surface area (Å²) in [5.74, 6) is -0.484. The minimum atomic E-state index is -1.02. The third-order valence-electron chi connectivity index (χ3n) is 3.49. The van der Waals surface area contributed by atoms with Gasteiger partial charge in [0.05, 0.1) is 0 Å². The number of anilines is 1. The Balaban J connectivity index is 1.91. The second kappa shape index (κ2) is 5.30. The Morgan fingerprint density at radius 1 is 1.32 bits per heavy atom.